The van der Waals surface area contributed by atoms with Crippen LogP contribution in [0.2, 0.25) is 0 Å². The van der Waals surface area contributed by atoms with Gasteiger partial charge in [-0.3, -0.25) is 9.59 Å². The standard InChI is InChI=1S/C15H21FN2O3/c1-15(2,3)12(19)8-9-17-13(20)14(21)18-11-6-4-10(16)5-7-11/h4-7,12,19H,8-9H2,1-3H3,(H,17,20)(H,18,21). The van der Waals surface area contributed by atoms with Gasteiger partial charge in [-0.25, -0.2) is 4.39 Å². The lowest BCUT2D eigenvalue weighted by Crippen LogP contribution is -2.38. The van der Waals surface area contributed by atoms with E-state index in [1.54, 1.807) is 0 Å². The van der Waals surface area contributed by atoms with Crippen LogP contribution >= 0.6 is 0 Å². The first-order chi connectivity index (χ1) is 9.70. The minimum Gasteiger partial charge on any atom is -0.393 e. The van der Waals surface area contributed by atoms with Crippen molar-refractivity contribution in [3.05, 3.63) is 30.1 Å². The molecule has 1 atom stereocenters. The fourth-order valence-corrected chi connectivity index (χ4v) is 1.56. The van der Waals surface area contributed by atoms with Crippen molar-refractivity contribution in [3.8, 4) is 0 Å². The molecule has 0 aliphatic heterocycles. The van der Waals surface area contributed by atoms with Crippen LogP contribution in [0.5, 0.6) is 0 Å². The van der Waals surface area contributed by atoms with Gasteiger partial charge in [0.2, 0.25) is 0 Å². The third kappa shape index (κ3) is 5.91. The summed E-state index contributed by atoms with van der Waals surface area (Å²) >= 11 is 0. The third-order valence-electron chi connectivity index (χ3n) is 3.01. The van der Waals surface area contributed by atoms with E-state index in [-0.39, 0.29) is 12.0 Å². The van der Waals surface area contributed by atoms with E-state index in [4.69, 9.17) is 0 Å². The lowest BCUT2D eigenvalue weighted by Gasteiger charge is -2.25. The molecule has 5 nitrogen and oxygen atoms in total. The molecule has 0 radical (unpaired) electrons. The van der Waals surface area contributed by atoms with Crippen molar-refractivity contribution in [3.63, 3.8) is 0 Å². The second-order valence-electron chi connectivity index (χ2n) is 5.89. The second-order valence-corrected chi connectivity index (χ2v) is 5.89. The molecule has 1 unspecified atom stereocenters. The number of halogens is 1. The number of aliphatic hydroxyl groups is 1. The quantitative estimate of drug-likeness (QED) is 0.740. The third-order valence-corrected chi connectivity index (χ3v) is 3.01. The molecular weight excluding hydrogens is 275 g/mol. The Labute approximate surface area is 123 Å². The number of carbonyl (C=O) groups excluding carboxylic acids is 2. The Hall–Kier alpha value is -1.95. The molecule has 0 fully saturated rings. The van der Waals surface area contributed by atoms with Gasteiger partial charge in [0.15, 0.2) is 0 Å². The number of benzene rings is 1. The number of aliphatic hydroxyl groups excluding tert-OH is 1. The maximum Gasteiger partial charge on any atom is 0.313 e. The summed E-state index contributed by atoms with van der Waals surface area (Å²) in [6.07, 6.45) is -0.211. The molecule has 0 spiro atoms. The molecule has 0 bridgehead atoms. The van der Waals surface area contributed by atoms with E-state index in [9.17, 15) is 19.1 Å². The summed E-state index contributed by atoms with van der Waals surface area (Å²) in [5.41, 5.74) is 0.0625. The number of carbonyl (C=O) groups is 2. The number of anilines is 1. The number of rotatable bonds is 4. The summed E-state index contributed by atoms with van der Waals surface area (Å²) in [5.74, 6) is -2.04. The average molecular weight is 296 g/mol. The topological polar surface area (TPSA) is 78.4 Å². The summed E-state index contributed by atoms with van der Waals surface area (Å²) in [5, 5.41) is 14.6. The van der Waals surface area contributed by atoms with Crippen molar-refractivity contribution in [1.82, 2.24) is 5.32 Å². The van der Waals surface area contributed by atoms with Crippen molar-refractivity contribution in [2.45, 2.75) is 33.3 Å². The Bertz CT molecular complexity index is 495. The molecule has 0 saturated carbocycles. The van der Waals surface area contributed by atoms with Crippen LogP contribution in [0.25, 0.3) is 0 Å². The summed E-state index contributed by atoms with van der Waals surface area (Å²) in [4.78, 5) is 23.2. The molecule has 1 aromatic rings. The molecule has 6 heteroatoms. The first-order valence-electron chi connectivity index (χ1n) is 6.73. The van der Waals surface area contributed by atoms with E-state index in [1.165, 1.54) is 24.3 Å². The van der Waals surface area contributed by atoms with E-state index in [0.717, 1.165) is 0 Å². The van der Waals surface area contributed by atoms with Gasteiger partial charge in [-0.15, -0.1) is 0 Å². The average Bonchev–Trinajstić information content (AvgIpc) is 2.40. The molecule has 2 amide bonds. The molecular formula is C15H21FN2O3. The lowest BCUT2D eigenvalue weighted by atomic mass is 9.87. The molecule has 21 heavy (non-hydrogen) atoms. The SMILES string of the molecule is CC(C)(C)C(O)CCNC(=O)C(=O)Nc1ccc(F)cc1. The van der Waals surface area contributed by atoms with E-state index < -0.39 is 23.7 Å². The second kappa shape index (κ2) is 7.17. The Balaban J connectivity index is 2.38. The van der Waals surface area contributed by atoms with Crippen LogP contribution in [0.1, 0.15) is 27.2 Å². The Morgan fingerprint density at radius 1 is 1.19 bits per heavy atom. The molecule has 0 saturated heterocycles. The van der Waals surface area contributed by atoms with Crippen molar-refractivity contribution >= 4 is 17.5 Å². The molecule has 0 heterocycles. The molecule has 1 rings (SSSR count). The highest BCUT2D eigenvalue weighted by Gasteiger charge is 2.22. The zero-order valence-electron chi connectivity index (χ0n) is 12.4. The zero-order valence-corrected chi connectivity index (χ0v) is 12.4. The Kier molecular flexibility index (Phi) is 5.84. The van der Waals surface area contributed by atoms with Gasteiger partial charge < -0.3 is 15.7 Å². The van der Waals surface area contributed by atoms with Gasteiger partial charge in [0.25, 0.3) is 0 Å². The van der Waals surface area contributed by atoms with Crippen LogP contribution in [0.3, 0.4) is 0 Å². The van der Waals surface area contributed by atoms with Crippen LogP contribution in [-0.4, -0.2) is 29.6 Å². The monoisotopic (exact) mass is 296 g/mol. The van der Waals surface area contributed by atoms with Crippen molar-refractivity contribution < 1.29 is 19.1 Å². The summed E-state index contributed by atoms with van der Waals surface area (Å²) in [7, 11) is 0. The highest BCUT2D eigenvalue weighted by atomic mass is 19.1. The first kappa shape index (κ1) is 17.1. The predicted octanol–water partition coefficient (Wildman–Crippen LogP) is 1.68. The van der Waals surface area contributed by atoms with E-state index >= 15 is 0 Å². The van der Waals surface area contributed by atoms with E-state index in [2.05, 4.69) is 10.6 Å². The van der Waals surface area contributed by atoms with E-state index in [0.29, 0.717) is 12.1 Å². The largest absolute Gasteiger partial charge is 0.393 e. The highest BCUT2D eigenvalue weighted by Crippen LogP contribution is 2.20. The summed E-state index contributed by atoms with van der Waals surface area (Å²) in [6, 6.07) is 5.11. The fourth-order valence-electron chi connectivity index (χ4n) is 1.56. The van der Waals surface area contributed by atoms with E-state index in [1.807, 2.05) is 20.8 Å². The van der Waals surface area contributed by atoms with Crippen molar-refractivity contribution in [2.24, 2.45) is 5.41 Å². The maximum absolute atomic E-state index is 12.7. The highest BCUT2D eigenvalue weighted by molar-refractivity contribution is 6.39. The van der Waals surface area contributed by atoms with Gasteiger partial charge >= 0.3 is 11.8 Å². The van der Waals surface area contributed by atoms with Crippen LogP contribution < -0.4 is 10.6 Å². The molecule has 0 aliphatic rings. The summed E-state index contributed by atoms with van der Waals surface area (Å²) in [6.45, 7) is 5.87. The molecule has 1 aromatic carbocycles. The van der Waals surface area contributed by atoms with Crippen LogP contribution in [0, 0.1) is 11.2 Å². The van der Waals surface area contributed by atoms with Gasteiger partial charge in [-0.1, -0.05) is 20.8 Å². The Morgan fingerprint density at radius 2 is 1.76 bits per heavy atom. The first-order valence-corrected chi connectivity index (χ1v) is 6.73. The fraction of sp³-hybridized carbons (Fsp3) is 0.467. The van der Waals surface area contributed by atoms with Gasteiger partial charge in [-0.05, 0) is 36.1 Å². The number of hydrogen-bond acceptors (Lipinski definition) is 3. The lowest BCUT2D eigenvalue weighted by molar-refractivity contribution is -0.136. The molecule has 3 N–H and O–H groups in total. The smallest absolute Gasteiger partial charge is 0.313 e. The van der Waals surface area contributed by atoms with Crippen LogP contribution in [0.4, 0.5) is 10.1 Å². The molecule has 0 aliphatic carbocycles. The van der Waals surface area contributed by atoms with Crippen LogP contribution in [0.15, 0.2) is 24.3 Å². The van der Waals surface area contributed by atoms with Gasteiger partial charge in [-0.2, -0.15) is 0 Å². The zero-order chi connectivity index (χ0) is 16.0. The number of hydrogen-bond donors (Lipinski definition) is 3. The maximum atomic E-state index is 12.7. The van der Waals surface area contributed by atoms with Gasteiger partial charge in [0.1, 0.15) is 5.82 Å². The minimum atomic E-state index is -0.827. The molecule has 116 valence electrons. The normalized spacial score (nSPS) is 12.6. The molecule has 0 aromatic heterocycles. The minimum absolute atomic E-state index is 0.202. The van der Waals surface area contributed by atoms with Gasteiger partial charge in [0, 0.05) is 12.2 Å². The van der Waals surface area contributed by atoms with Crippen molar-refractivity contribution in [2.75, 3.05) is 11.9 Å². The Morgan fingerprint density at radius 3 is 2.29 bits per heavy atom. The summed E-state index contributed by atoms with van der Waals surface area (Å²) < 4.78 is 12.7. The van der Waals surface area contributed by atoms with Crippen molar-refractivity contribution in [1.29, 1.82) is 0 Å². The van der Waals surface area contributed by atoms with Crippen LogP contribution in [-0.2, 0) is 9.59 Å². The van der Waals surface area contributed by atoms with Gasteiger partial charge in [0.05, 0.1) is 6.10 Å². The predicted molar refractivity (Wildman–Crippen MR) is 78.1 cm³/mol. The number of amides is 2. The number of nitrogens with one attached hydrogen (secondary N) is 2.